The summed E-state index contributed by atoms with van der Waals surface area (Å²) in [5.41, 5.74) is 3.78. The Morgan fingerprint density at radius 1 is 0.917 bits per heavy atom. The van der Waals surface area contributed by atoms with E-state index in [0.717, 1.165) is 16.0 Å². The number of benzene rings is 3. The van der Waals surface area contributed by atoms with Gasteiger partial charge in [-0.3, -0.25) is 0 Å². The summed E-state index contributed by atoms with van der Waals surface area (Å²) in [6.45, 7) is 2.69. The van der Waals surface area contributed by atoms with Crippen LogP contribution in [-0.2, 0) is 5.75 Å². The number of hydrogen-bond acceptors (Lipinski definition) is 2. The van der Waals surface area contributed by atoms with Gasteiger partial charge in [-0.25, -0.2) is 0 Å². The van der Waals surface area contributed by atoms with Gasteiger partial charge < -0.3 is 4.74 Å². The zero-order valence-electron chi connectivity index (χ0n) is 13.5. The first-order chi connectivity index (χ1) is 11.8. The van der Waals surface area contributed by atoms with Crippen molar-refractivity contribution in [3.8, 4) is 16.9 Å². The van der Waals surface area contributed by atoms with Crippen molar-refractivity contribution in [2.75, 3.05) is 6.61 Å². The van der Waals surface area contributed by atoms with E-state index in [-0.39, 0.29) is 0 Å². The minimum atomic E-state index is 0.689. The van der Waals surface area contributed by atoms with Crippen LogP contribution in [0, 0.1) is 0 Å². The molecule has 0 spiro atoms. The lowest BCUT2D eigenvalue weighted by molar-refractivity contribution is 0.340. The van der Waals surface area contributed by atoms with Crippen molar-refractivity contribution in [3.05, 3.63) is 82.8 Å². The van der Waals surface area contributed by atoms with Gasteiger partial charge in [0.05, 0.1) is 6.61 Å². The molecule has 0 bridgehead atoms. The van der Waals surface area contributed by atoms with Gasteiger partial charge in [-0.1, -0.05) is 58.4 Å². The molecule has 3 rings (SSSR count). The minimum absolute atomic E-state index is 0.689. The van der Waals surface area contributed by atoms with Crippen LogP contribution in [0.1, 0.15) is 12.5 Å². The molecule has 0 amide bonds. The summed E-state index contributed by atoms with van der Waals surface area (Å²) < 4.78 is 6.63. The summed E-state index contributed by atoms with van der Waals surface area (Å²) in [7, 11) is 0. The van der Waals surface area contributed by atoms with Crippen LogP contribution in [0.2, 0.25) is 0 Å². The smallest absolute Gasteiger partial charge is 0.119 e. The first-order valence-electron chi connectivity index (χ1n) is 7.96. The monoisotopic (exact) mass is 398 g/mol. The molecule has 3 aromatic carbocycles. The second kappa shape index (κ2) is 8.41. The molecule has 3 aromatic rings. The molecule has 24 heavy (non-hydrogen) atoms. The van der Waals surface area contributed by atoms with Crippen molar-refractivity contribution in [1.29, 1.82) is 0 Å². The Labute approximate surface area is 156 Å². The maximum absolute atomic E-state index is 5.54. The molecule has 1 nitrogen and oxygen atoms in total. The lowest BCUT2D eigenvalue weighted by Crippen LogP contribution is -1.91. The number of hydrogen-bond donors (Lipinski definition) is 0. The Kier molecular flexibility index (Phi) is 6.00. The predicted molar refractivity (Wildman–Crippen MR) is 107 cm³/mol. The Morgan fingerprint density at radius 3 is 2.38 bits per heavy atom. The average Bonchev–Trinajstić information content (AvgIpc) is 2.62. The predicted octanol–water partition coefficient (Wildman–Crippen LogP) is 6.81. The average molecular weight is 399 g/mol. The quantitative estimate of drug-likeness (QED) is 0.421. The van der Waals surface area contributed by atoms with E-state index >= 15 is 0 Å². The zero-order chi connectivity index (χ0) is 16.8. The van der Waals surface area contributed by atoms with Crippen molar-refractivity contribution < 1.29 is 4.74 Å². The van der Waals surface area contributed by atoms with Crippen LogP contribution in [0.4, 0.5) is 0 Å². The molecular weight excluding hydrogens is 380 g/mol. The van der Waals surface area contributed by atoms with E-state index in [0.29, 0.717) is 6.61 Å². The summed E-state index contributed by atoms with van der Waals surface area (Å²) in [6.07, 6.45) is 0. The highest BCUT2D eigenvalue weighted by atomic mass is 79.9. The molecule has 0 N–H and O–H groups in total. The third-order valence-corrected chi connectivity index (χ3v) is 5.29. The van der Waals surface area contributed by atoms with Crippen molar-refractivity contribution in [2.24, 2.45) is 0 Å². The van der Waals surface area contributed by atoms with Crippen LogP contribution < -0.4 is 4.74 Å². The number of halogens is 1. The summed E-state index contributed by atoms with van der Waals surface area (Å²) >= 11 is 5.46. The molecule has 0 aliphatic carbocycles. The second-order valence-corrected chi connectivity index (χ2v) is 7.30. The van der Waals surface area contributed by atoms with Crippen molar-refractivity contribution in [1.82, 2.24) is 0 Å². The highest BCUT2D eigenvalue weighted by Gasteiger charge is 2.08. The molecule has 0 fully saturated rings. The minimum Gasteiger partial charge on any atom is -0.494 e. The molecule has 0 heterocycles. The van der Waals surface area contributed by atoms with Gasteiger partial charge in [0.15, 0.2) is 0 Å². The molecule has 0 aromatic heterocycles. The van der Waals surface area contributed by atoms with Gasteiger partial charge in [-0.05, 0) is 53.9 Å². The Bertz CT molecular complexity index is 785. The molecule has 0 atom stereocenters. The van der Waals surface area contributed by atoms with E-state index in [1.54, 1.807) is 0 Å². The first-order valence-corrected chi connectivity index (χ1v) is 9.73. The van der Waals surface area contributed by atoms with Gasteiger partial charge in [0.2, 0.25) is 0 Å². The number of ether oxygens (including phenoxy) is 1. The Morgan fingerprint density at radius 2 is 1.67 bits per heavy atom. The van der Waals surface area contributed by atoms with E-state index in [4.69, 9.17) is 4.74 Å². The molecule has 0 unspecified atom stereocenters. The lowest BCUT2D eigenvalue weighted by atomic mass is 10.1. The van der Waals surface area contributed by atoms with Crippen LogP contribution in [0.3, 0.4) is 0 Å². The second-order valence-electron chi connectivity index (χ2n) is 5.37. The molecule has 0 aliphatic heterocycles. The van der Waals surface area contributed by atoms with Gasteiger partial charge in [0, 0.05) is 15.1 Å². The number of thioether (sulfide) groups is 1. The van der Waals surface area contributed by atoms with Gasteiger partial charge in [-0.2, -0.15) is 0 Å². The standard InChI is InChI=1S/C21H19BrOS/c1-2-23-19-11-8-17(9-12-19)20-14-18(22)10-13-21(20)24-15-16-6-4-3-5-7-16/h3-14H,2,15H2,1H3. The van der Waals surface area contributed by atoms with E-state index in [1.807, 2.05) is 30.8 Å². The van der Waals surface area contributed by atoms with Crippen LogP contribution in [0.15, 0.2) is 82.2 Å². The van der Waals surface area contributed by atoms with E-state index in [2.05, 4.69) is 76.6 Å². The van der Waals surface area contributed by atoms with Crippen molar-refractivity contribution in [2.45, 2.75) is 17.6 Å². The molecule has 0 aliphatic rings. The maximum Gasteiger partial charge on any atom is 0.119 e. The molecule has 0 radical (unpaired) electrons. The largest absolute Gasteiger partial charge is 0.494 e. The fraction of sp³-hybridized carbons (Fsp3) is 0.143. The van der Waals surface area contributed by atoms with E-state index in [9.17, 15) is 0 Å². The molecule has 0 saturated heterocycles. The van der Waals surface area contributed by atoms with Crippen LogP contribution in [0.25, 0.3) is 11.1 Å². The van der Waals surface area contributed by atoms with Gasteiger partial charge in [0.1, 0.15) is 5.75 Å². The van der Waals surface area contributed by atoms with Gasteiger partial charge >= 0.3 is 0 Å². The molecule has 3 heteroatoms. The van der Waals surface area contributed by atoms with Gasteiger partial charge in [-0.15, -0.1) is 11.8 Å². The fourth-order valence-corrected chi connectivity index (χ4v) is 3.86. The zero-order valence-corrected chi connectivity index (χ0v) is 15.9. The molecule has 0 saturated carbocycles. The highest BCUT2D eigenvalue weighted by molar-refractivity contribution is 9.10. The summed E-state index contributed by atoms with van der Waals surface area (Å²) in [4.78, 5) is 1.28. The van der Waals surface area contributed by atoms with Crippen molar-refractivity contribution >= 4 is 27.7 Å². The SMILES string of the molecule is CCOc1ccc(-c2cc(Br)ccc2SCc2ccccc2)cc1. The normalized spacial score (nSPS) is 10.6. The molecular formula is C21H19BrOS. The first kappa shape index (κ1) is 17.1. The Balaban J connectivity index is 1.85. The van der Waals surface area contributed by atoms with Crippen LogP contribution in [-0.4, -0.2) is 6.61 Å². The lowest BCUT2D eigenvalue weighted by Gasteiger charge is -2.11. The van der Waals surface area contributed by atoms with E-state index in [1.165, 1.54) is 21.6 Å². The fourth-order valence-electron chi connectivity index (χ4n) is 2.49. The summed E-state index contributed by atoms with van der Waals surface area (Å²) in [5.74, 6) is 1.88. The third-order valence-electron chi connectivity index (χ3n) is 3.66. The van der Waals surface area contributed by atoms with Crippen LogP contribution >= 0.6 is 27.7 Å². The molecule has 122 valence electrons. The third kappa shape index (κ3) is 4.43. The summed E-state index contributed by atoms with van der Waals surface area (Å²) in [6, 6.07) is 25.4. The van der Waals surface area contributed by atoms with E-state index < -0.39 is 0 Å². The van der Waals surface area contributed by atoms with Gasteiger partial charge in [0.25, 0.3) is 0 Å². The topological polar surface area (TPSA) is 9.23 Å². The highest BCUT2D eigenvalue weighted by Crippen LogP contribution is 2.36. The summed E-state index contributed by atoms with van der Waals surface area (Å²) in [5, 5.41) is 0. The van der Waals surface area contributed by atoms with Crippen molar-refractivity contribution in [3.63, 3.8) is 0 Å². The maximum atomic E-state index is 5.54. The number of rotatable bonds is 6. The Hall–Kier alpha value is -1.71. The van der Waals surface area contributed by atoms with Crippen LogP contribution in [0.5, 0.6) is 5.75 Å².